The van der Waals surface area contributed by atoms with Crippen molar-refractivity contribution in [1.29, 1.82) is 0 Å². The molecule has 2 heteroatoms. The Morgan fingerprint density at radius 1 is 1.29 bits per heavy atom. The molecule has 0 aromatic heterocycles. The Hall–Kier alpha value is -1.46. The van der Waals surface area contributed by atoms with E-state index in [-0.39, 0.29) is 0 Å². The maximum absolute atomic E-state index is 9.35. The van der Waals surface area contributed by atoms with Crippen molar-refractivity contribution in [2.45, 2.75) is 26.4 Å². The smallest absolute Gasteiger partial charge is 0.121 e. The van der Waals surface area contributed by atoms with Crippen molar-refractivity contribution in [3.05, 3.63) is 29.8 Å². The van der Waals surface area contributed by atoms with E-state index in [1.54, 1.807) is 13.8 Å². The van der Waals surface area contributed by atoms with Gasteiger partial charge < -0.3 is 10.4 Å². The van der Waals surface area contributed by atoms with Gasteiger partial charge in [-0.1, -0.05) is 18.2 Å². The monoisotopic (exact) mass is 189 g/mol. The van der Waals surface area contributed by atoms with Crippen molar-refractivity contribution >= 4 is 5.69 Å². The number of nitrogens with one attached hydrogen (secondary N) is 1. The average molecular weight is 189 g/mol. The summed E-state index contributed by atoms with van der Waals surface area (Å²) < 4.78 is 0. The van der Waals surface area contributed by atoms with Crippen LogP contribution in [-0.4, -0.2) is 10.7 Å². The second-order valence-electron chi connectivity index (χ2n) is 3.75. The third kappa shape index (κ3) is 3.51. The normalized spacial score (nSPS) is 10.3. The summed E-state index contributed by atoms with van der Waals surface area (Å²) in [5.41, 5.74) is 1.16. The first-order valence-corrected chi connectivity index (χ1v) is 4.55. The predicted octanol–water partition coefficient (Wildman–Crippen LogP) is 2.14. The van der Waals surface area contributed by atoms with Crippen LogP contribution in [0.2, 0.25) is 0 Å². The summed E-state index contributed by atoms with van der Waals surface area (Å²) in [6, 6.07) is 10.6. The van der Waals surface area contributed by atoms with Crippen molar-refractivity contribution in [1.82, 2.24) is 0 Å². The zero-order valence-corrected chi connectivity index (χ0v) is 8.76. The van der Waals surface area contributed by atoms with E-state index in [0.717, 1.165) is 11.3 Å². The van der Waals surface area contributed by atoms with Crippen LogP contribution in [0.4, 0.5) is 5.69 Å². The Bertz CT molecular complexity index is 366. The van der Waals surface area contributed by atoms with Crippen molar-refractivity contribution in [2.24, 2.45) is 0 Å². The van der Waals surface area contributed by atoms with Crippen LogP contribution in [0.15, 0.2) is 24.3 Å². The molecule has 0 atom stereocenters. The third-order valence-corrected chi connectivity index (χ3v) is 1.71. The van der Waals surface area contributed by atoms with Gasteiger partial charge in [-0.15, -0.1) is 0 Å². The second kappa shape index (κ2) is 4.17. The maximum Gasteiger partial charge on any atom is 0.121 e. The fourth-order valence-electron chi connectivity index (χ4n) is 0.965. The number of rotatable bonds is 1. The molecular formula is C12H15NO. The van der Waals surface area contributed by atoms with E-state index in [4.69, 9.17) is 0 Å². The SMILES string of the molecule is Cc1ccccc1NC#CC(C)(C)O. The number of anilines is 1. The summed E-state index contributed by atoms with van der Waals surface area (Å²) in [7, 11) is 0. The van der Waals surface area contributed by atoms with Gasteiger partial charge in [0.15, 0.2) is 0 Å². The summed E-state index contributed by atoms with van der Waals surface area (Å²) in [5, 5.41) is 12.3. The number of aryl methyl sites for hydroxylation is 1. The van der Waals surface area contributed by atoms with Gasteiger partial charge >= 0.3 is 0 Å². The number of hydrogen-bond donors (Lipinski definition) is 2. The van der Waals surface area contributed by atoms with Gasteiger partial charge in [-0.25, -0.2) is 0 Å². The fraction of sp³-hybridized carbons (Fsp3) is 0.333. The largest absolute Gasteiger partial charge is 0.378 e. The van der Waals surface area contributed by atoms with E-state index in [1.807, 2.05) is 31.2 Å². The first-order chi connectivity index (χ1) is 6.49. The summed E-state index contributed by atoms with van der Waals surface area (Å²) in [6.07, 6.45) is 0. The highest BCUT2D eigenvalue weighted by Crippen LogP contribution is 2.12. The molecule has 14 heavy (non-hydrogen) atoms. The van der Waals surface area contributed by atoms with Gasteiger partial charge in [0, 0.05) is 11.7 Å². The van der Waals surface area contributed by atoms with Gasteiger partial charge in [0.2, 0.25) is 0 Å². The number of hydrogen-bond acceptors (Lipinski definition) is 2. The highest BCUT2D eigenvalue weighted by atomic mass is 16.3. The van der Waals surface area contributed by atoms with Crippen molar-refractivity contribution in [3.8, 4) is 12.0 Å². The minimum absolute atomic E-state index is 0.949. The van der Waals surface area contributed by atoms with Crippen LogP contribution < -0.4 is 5.32 Å². The van der Waals surface area contributed by atoms with Crippen molar-refractivity contribution in [3.63, 3.8) is 0 Å². The molecule has 0 saturated carbocycles. The Labute approximate surface area is 85.0 Å². The van der Waals surface area contributed by atoms with Gasteiger partial charge in [-0.05, 0) is 38.3 Å². The molecule has 1 aromatic carbocycles. The van der Waals surface area contributed by atoms with Crippen LogP contribution in [0.5, 0.6) is 0 Å². The molecule has 0 unspecified atom stereocenters. The molecule has 0 spiro atoms. The van der Waals surface area contributed by atoms with Crippen LogP contribution in [0, 0.1) is 18.9 Å². The standard InChI is InChI=1S/C12H15NO/c1-10-6-4-5-7-11(10)13-9-8-12(2,3)14/h4-7,13-14H,1-3H3. The van der Waals surface area contributed by atoms with E-state index >= 15 is 0 Å². The Morgan fingerprint density at radius 3 is 2.50 bits per heavy atom. The molecule has 0 amide bonds. The molecule has 2 nitrogen and oxygen atoms in total. The maximum atomic E-state index is 9.35. The van der Waals surface area contributed by atoms with Gasteiger partial charge in [0.05, 0.1) is 0 Å². The molecular weight excluding hydrogens is 174 g/mol. The van der Waals surface area contributed by atoms with Crippen molar-refractivity contribution in [2.75, 3.05) is 5.32 Å². The minimum atomic E-state index is -0.949. The molecule has 0 radical (unpaired) electrons. The summed E-state index contributed by atoms with van der Waals surface area (Å²) >= 11 is 0. The molecule has 2 N–H and O–H groups in total. The molecule has 1 rings (SSSR count). The van der Waals surface area contributed by atoms with Crippen LogP contribution >= 0.6 is 0 Å². The Balaban J connectivity index is 2.70. The van der Waals surface area contributed by atoms with E-state index in [9.17, 15) is 5.11 Å². The topological polar surface area (TPSA) is 32.3 Å². The first-order valence-electron chi connectivity index (χ1n) is 4.55. The lowest BCUT2D eigenvalue weighted by molar-refractivity contribution is 0.143. The molecule has 0 aliphatic heterocycles. The van der Waals surface area contributed by atoms with E-state index in [1.165, 1.54) is 0 Å². The first kappa shape index (κ1) is 10.6. The van der Waals surface area contributed by atoms with Crippen LogP contribution in [-0.2, 0) is 0 Å². The summed E-state index contributed by atoms with van der Waals surface area (Å²) in [6.45, 7) is 5.31. The summed E-state index contributed by atoms with van der Waals surface area (Å²) in [4.78, 5) is 0. The average Bonchev–Trinajstić information content (AvgIpc) is 2.06. The van der Waals surface area contributed by atoms with E-state index < -0.39 is 5.60 Å². The highest BCUT2D eigenvalue weighted by molar-refractivity contribution is 5.54. The van der Waals surface area contributed by atoms with Crippen LogP contribution in [0.25, 0.3) is 0 Å². The van der Waals surface area contributed by atoms with Crippen LogP contribution in [0.3, 0.4) is 0 Å². The number of aliphatic hydroxyl groups is 1. The zero-order chi connectivity index (χ0) is 10.6. The summed E-state index contributed by atoms with van der Waals surface area (Å²) in [5.74, 6) is 2.69. The van der Waals surface area contributed by atoms with Gasteiger partial charge in [0.1, 0.15) is 5.60 Å². The van der Waals surface area contributed by atoms with Crippen LogP contribution in [0.1, 0.15) is 19.4 Å². The lowest BCUT2D eigenvalue weighted by atomic mass is 10.1. The van der Waals surface area contributed by atoms with Crippen molar-refractivity contribution < 1.29 is 5.11 Å². The molecule has 0 aliphatic carbocycles. The van der Waals surface area contributed by atoms with E-state index in [2.05, 4.69) is 17.3 Å². The molecule has 74 valence electrons. The Morgan fingerprint density at radius 2 is 1.93 bits per heavy atom. The zero-order valence-electron chi connectivity index (χ0n) is 8.76. The fourth-order valence-corrected chi connectivity index (χ4v) is 0.965. The molecule has 0 saturated heterocycles. The third-order valence-electron chi connectivity index (χ3n) is 1.71. The Kier molecular flexibility index (Phi) is 3.16. The molecule has 0 bridgehead atoms. The number of benzene rings is 1. The lowest BCUT2D eigenvalue weighted by Crippen LogP contribution is -2.15. The predicted molar refractivity (Wildman–Crippen MR) is 58.9 cm³/mol. The molecule has 0 heterocycles. The minimum Gasteiger partial charge on any atom is -0.378 e. The highest BCUT2D eigenvalue weighted by Gasteiger charge is 2.05. The second-order valence-corrected chi connectivity index (χ2v) is 3.75. The molecule has 1 aromatic rings. The molecule has 0 fully saturated rings. The van der Waals surface area contributed by atoms with Gasteiger partial charge in [0.25, 0.3) is 0 Å². The van der Waals surface area contributed by atoms with Gasteiger partial charge in [-0.2, -0.15) is 0 Å². The quantitative estimate of drug-likeness (QED) is 0.524. The lowest BCUT2D eigenvalue weighted by Gasteiger charge is -2.07. The molecule has 0 aliphatic rings. The van der Waals surface area contributed by atoms with E-state index in [0.29, 0.717) is 0 Å². The number of para-hydroxylation sites is 1. The van der Waals surface area contributed by atoms with Gasteiger partial charge in [-0.3, -0.25) is 0 Å².